The van der Waals surface area contributed by atoms with Crippen molar-refractivity contribution in [1.82, 2.24) is 0 Å². The van der Waals surface area contributed by atoms with Crippen LogP contribution in [0.1, 0.15) is 34.9 Å². The second-order valence-electron chi connectivity index (χ2n) is 6.57. The van der Waals surface area contributed by atoms with Gasteiger partial charge < -0.3 is 0 Å². The second kappa shape index (κ2) is 5.67. The number of nitrogens with zero attached hydrogens (tertiary/aromatic N) is 2. The first-order valence-corrected chi connectivity index (χ1v) is 9.02. The molecule has 1 N–H and O–H groups in total. The smallest absolute Gasteiger partial charge is 0.213 e. The molecule has 25 heavy (non-hydrogen) atoms. The van der Waals surface area contributed by atoms with E-state index in [1.165, 1.54) is 11.3 Å². The number of nitrogens with one attached hydrogen (secondary N) is 1. The Bertz CT molecular complexity index is 934. The molecule has 3 heterocycles. The predicted molar refractivity (Wildman–Crippen MR) is 94.4 cm³/mol. The van der Waals surface area contributed by atoms with E-state index < -0.39 is 17.4 Å². The number of carbonyl (C=O) groups excluding carboxylic acids is 1. The van der Waals surface area contributed by atoms with Gasteiger partial charge in [0.1, 0.15) is 0 Å². The Balaban J connectivity index is 2.02. The lowest BCUT2D eigenvalue weighted by atomic mass is 9.70. The van der Waals surface area contributed by atoms with Crippen molar-refractivity contribution in [2.45, 2.75) is 24.9 Å². The maximum Gasteiger partial charge on any atom is 0.213 e. The molecule has 0 saturated carbocycles. The fourth-order valence-electron chi connectivity index (χ4n) is 4.43. The van der Waals surface area contributed by atoms with E-state index in [0.717, 1.165) is 20.9 Å². The summed E-state index contributed by atoms with van der Waals surface area (Å²) in [5, 5.41) is 22.2. The molecule has 5 heteroatoms. The molecule has 4 rings (SSSR count). The molecule has 1 aromatic carbocycles. The van der Waals surface area contributed by atoms with Crippen LogP contribution in [-0.2, 0) is 4.79 Å². The zero-order valence-electron chi connectivity index (χ0n) is 13.6. The number of ketones is 1. The van der Waals surface area contributed by atoms with Crippen molar-refractivity contribution in [3.8, 4) is 12.1 Å². The Morgan fingerprint density at radius 3 is 2.60 bits per heavy atom. The van der Waals surface area contributed by atoms with Crippen LogP contribution >= 0.6 is 11.3 Å². The number of benzene rings is 1. The van der Waals surface area contributed by atoms with Crippen LogP contribution in [0, 0.1) is 28.1 Å². The lowest BCUT2D eigenvalue weighted by molar-refractivity contribution is -0.885. The number of nitriles is 2. The average Bonchev–Trinajstić information content (AvgIpc) is 3.25. The van der Waals surface area contributed by atoms with Gasteiger partial charge in [-0.2, -0.15) is 10.5 Å². The zero-order chi connectivity index (χ0) is 17.6. The van der Waals surface area contributed by atoms with Gasteiger partial charge in [-0.25, -0.2) is 0 Å². The summed E-state index contributed by atoms with van der Waals surface area (Å²) in [6.07, 6.45) is 3.95. The van der Waals surface area contributed by atoms with Crippen molar-refractivity contribution >= 4 is 23.2 Å². The standard InChI is InChI=1S/C20H15N3OS/c1-13(24)18-17(16-7-4-10-25-16)20(11-21,12-22)19-15-6-3-2-5-14(15)8-9-23(18)19/h2-10,17-19H,1H3/p+1/t17-,18-,19-/m0/s1. The Hall–Kier alpha value is -2.73. The van der Waals surface area contributed by atoms with Crippen LogP contribution in [0.2, 0.25) is 0 Å². The molecule has 2 aromatic rings. The van der Waals surface area contributed by atoms with Gasteiger partial charge in [0, 0.05) is 17.4 Å². The molecule has 0 radical (unpaired) electrons. The fourth-order valence-corrected chi connectivity index (χ4v) is 5.37. The number of hydrogen-bond acceptors (Lipinski definition) is 4. The summed E-state index contributed by atoms with van der Waals surface area (Å²) in [6.45, 7) is 1.56. The third-order valence-corrected chi connectivity index (χ3v) is 6.35. The van der Waals surface area contributed by atoms with Crippen LogP contribution in [0.15, 0.2) is 48.0 Å². The van der Waals surface area contributed by atoms with Gasteiger partial charge in [-0.15, -0.1) is 11.3 Å². The van der Waals surface area contributed by atoms with Crippen LogP contribution < -0.4 is 4.90 Å². The third kappa shape index (κ3) is 2.04. The highest BCUT2D eigenvalue weighted by molar-refractivity contribution is 7.10. The van der Waals surface area contributed by atoms with Gasteiger partial charge >= 0.3 is 0 Å². The second-order valence-corrected chi connectivity index (χ2v) is 7.55. The predicted octanol–water partition coefficient (Wildman–Crippen LogP) is 2.45. The van der Waals surface area contributed by atoms with E-state index in [2.05, 4.69) is 12.1 Å². The highest BCUT2D eigenvalue weighted by Crippen LogP contribution is 2.52. The lowest BCUT2D eigenvalue weighted by Crippen LogP contribution is -3.11. The zero-order valence-corrected chi connectivity index (χ0v) is 14.5. The molecule has 0 aliphatic carbocycles. The normalized spacial score (nSPS) is 28.4. The largest absolute Gasteiger partial charge is 0.293 e. The number of hydrogen-bond donors (Lipinski definition) is 1. The minimum atomic E-state index is -1.28. The molecule has 2 aliphatic rings. The van der Waals surface area contributed by atoms with Crippen molar-refractivity contribution in [2.24, 2.45) is 5.41 Å². The molecule has 122 valence electrons. The molecule has 1 unspecified atom stereocenters. The van der Waals surface area contributed by atoms with Crippen molar-refractivity contribution < 1.29 is 9.69 Å². The molecule has 0 spiro atoms. The van der Waals surface area contributed by atoms with Crippen LogP contribution in [0.3, 0.4) is 0 Å². The van der Waals surface area contributed by atoms with Gasteiger partial charge in [0.25, 0.3) is 0 Å². The van der Waals surface area contributed by atoms with Crippen LogP contribution in [0.25, 0.3) is 6.08 Å². The molecule has 4 nitrogen and oxygen atoms in total. The highest BCUT2D eigenvalue weighted by Gasteiger charge is 2.67. The summed E-state index contributed by atoms with van der Waals surface area (Å²) in [5.41, 5.74) is 0.700. The molecule has 4 atom stereocenters. The van der Waals surface area contributed by atoms with E-state index in [9.17, 15) is 15.3 Å². The maximum absolute atomic E-state index is 12.6. The third-order valence-electron chi connectivity index (χ3n) is 5.39. The van der Waals surface area contributed by atoms with Gasteiger partial charge in [0.15, 0.2) is 17.9 Å². The van der Waals surface area contributed by atoms with Crippen molar-refractivity contribution in [2.75, 3.05) is 0 Å². The number of thiophene rings is 1. The van der Waals surface area contributed by atoms with Gasteiger partial charge in [-0.3, -0.25) is 9.69 Å². The van der Waals surface area contributed by atoms with Crippen LogP contribution in [0.4, 0.5) is 0 Å². The monoisotopic (exact) mass is 346 g/mol. The van der Waals surface area contributed by atoms with E-state index in [4.69, 9.17) is 0 Å². The van der Waals surface area contributed by atoms with Gasteiger partial charge in [-0.05, 0) is 23.1 Å². The topological polar surface area (TPSA) is 69.1 Å². The van der Waals surface area contributed by atoms with Crippen molar-refractivity contribution in [1.29, 1.82) is 10.5 Å². The summed E-state index contributed by atoms with van der Waals surface area (Å²) < 4.78 is 0. The van der Waals surface area contributed by atoms with E-state index in [0.29, 0.717) is 0 Å². The summed E-state index contributed by atoms with van der Waals surface area (Å²) in [4.78, 5) is 14.4. The average molecular weight is 346 g/mol. The number of rotatable bonds is 2. The molecule has 2 aliphatic heterocycles. The van der Waals surface area contributed by atoms with Crippen molar-refractivity contribution in [3.63, 3.8) is 0 Å². The number of quaternary nitrogens is 1. The summed E-state index contributed by atoms with van der Waals surface area (Å²) in [5.74, 6) is -0.425. The van der Waals surface area contributed by atoms with E-state index >= 15 is 0 Å². The van der Waals surface area contributed by atoms with E-state index in [1.807, 2.05) is 54.1 Å². The fraction of sp³-hybridized carbons (Fsp3) is 0.250. The molecule has 1 saturated heterocycles. The molecule has 0 amide bonds. The first kappa shape index (κ1) is 15.8. The SMILES string of the molecule is CC(=O)[C@H]1[C@H](c2cccs2)C(C#N)(C#N)[C@@H]2c3ccccc3C=C[NH+]21. The maximum atomic E-state index is 12.6. The van der Waals surface area contributed by atoms with E-state index in [1.54, 1.807) is 6.92 Å². The van der Waals surface area contributed by atoms with Gasteiger partial charge in [-0.1, -0.05) is 30.3 Å². The molecule has 0 bridgehead atoms. The van der Waals surface area contributed by atoms with E-state index in [-0.39, 0.29) is 11.8 Å². The quantitative estimate of drug-likeness (QED) is 0.908. The molecular formula is C20H16N3OS+. The Morgan fingerprint density at radius 1 is 1.20 bits per heavy atom. The molecule has 1 aromatic heterocycles. The number of fused-ring (bicyclic) bond motifs is 3. The Morgan fingerprint density at radius 2 is 1.96 bits per heavy atom. The number of Topliss-reactive ketones (excluding diaryl/α,β-unsaturated/α-hetero) is 1. The molecule has 1 fully saturated rings. The first-order chi connectivity index (χ1) is 12.1. The summed E-state index contributed by atoms with van der Waals surface area (Å²) in [6, 6.07) is 15.5. The van der Waals surface area contributed by atoms with Crippen LogP contribution in [-0.4, -0.2) is 11.8 Å². The van der Waals surface area contributed by atoms with Crippen LogP contribution in [0.5, 0.6) is 0 Å². The lowest BCUT2D eigenvalue weighted by Gasteiger charge is -2.29. The summed E-state index contributed by atoms with van der Waals surface area (Å²) in [7, 11) is 0. The van der Waals surface area contributed by atoms with Gasteiger partial charge in [0.2, 0.25) is 5.41 Å². The minimum Gasteiger partial charge on any atom is -0.293 e. The first-order valence-electron chi connectivity index (χ1n) is 8.14. The van der Waals surface area contributed by atoms with Crippen molar-refractivity contribution in [3.05, 3.63) is 64.0 Å². The Kier molecular flexibility index (Phi) is 3.58. The number of carbonyl (C=O) groups is 1. The summed E-state index contributed by atoms with van der Waals surface area (Å²) >= 11 is 1.51. The van der Waals surface area contributed by atoms with Gasteiger partial charge in [0.05, 0.1) is 24.3 Å². The minimum absolute atomic E-state index is 0.00908. The Labute approximate surface area is 150 Å². The highest BCUT2D eigenvalue weighted by atomic mass is 32.1. The molecular weight excluding hydrogens is 330 g/mol.